The fraction of sp³-hybridized carbons (Fsp3) is 0.286. The molecular formula is C21H19F3N2O5S. The van der Waals surface area contributed by atoms with Gasteiger partial charge in [-0.1, -0.05) is 0 Å². The summed E-state index contributed by atoms with van der Waals surface area (Å²) in [5.41, 5.74) is 1.24. The Labute approximate surface area is 181 Å². The van der Waals surface area contributed by atoms with Crippen LogP contribution in [0.1, 0.15) is 17.9 Å². The molecule has 7 nitrogen and oxygen atoms in total. The minimum Gasteiger partial charge on any atom is -0.480 e. The Bertz CT molecular complexity index is 1260. The van der Waals surface area contributed by atoms with Gasteiger partial charge in [-0.2, -0.15) is 13.1 Å². The molecule has 2 aromatic carbocycles. The van der Waals surface area contributed by atoms with Crippen LogP contribution in [0.4, 0.5) is 13.2 Å². The molecule has 1 saturated heterocycles. The third-order valence-electron chi connectivity index (χ3n) is 5.46. The van der Waals surface area contributed by atoms with Gasteiger partial charge in [0.05, 0.1) is 4.90 Å². The van der Waals surface area contributed by atoms with Gasteiger partial charge in [0.15, 0.2) is 0 Å². The number of carbonyl (C=O) groups is 1. The molecule has 1 atom stereocenters. The number of fused-ring (bicyclic) bond motifs is 1. The van der Waals surface area contributed by atoms with Crippen molar-refractivity contribution in [2.75, 3.05) is 13.1 Å². The molecule has 1 aliphatic rings. The van der Waals surface area contributed by atoms with Crippen molar-refractivity contribution in [3.63, 3.8) is 0 Å². The monoisotopic (exact) mass is 468 g/mol. The van der Waals surface area contributed by atoms with Crippen molar-refractivity contribution in [1.82, 2.24) is 8.87 Å². The predicted octanol–water partition coefficient (Wildman–Crippen LogP) is 3.64. The fourth-order valence-electron chi connectivity index (χ4n) is 4.04. The highest BCUT2D eigenvalue weighted by Crippen LogP contribution is 2.36. The molecule has 4 rings (SSSR count). The van der Waals surface area contributed by atoms with Crippen molar-refractivity contribution in [3.8, 4) is 5.75 Å². The number of aliphatic carboxylic acids is 1. The normalized spacial score (nSPS) is 17.3. The minimum atomic E-state index is -3.88. The van der Waals surface area contributed by atoms with E-state index in [1.165, 1.54) is 39.2 Å². The lowest BCUT2D eigenvalue weighted by Gasteiger charge is -2.17. The third-order valence-corrected chi connectivity index (χ3v) is 7.34. The van der Waals surface area contributed by atoms with Crippen molar-refractivity contribution < 1.29 is 36.2 Å². The highest BCUT2D eigenvalue weighted by molar-refractivity contribution is 7.89. The molecule has 0 amide bonds. The number of hydrogen-bond donors (Lipinski definition) is 1. The number of carboxylic acids is 1. The van der Waals surface area contributed by atoms with Crippen LogP contribution in [0.3, 0.4) is 0 Å². The topological polar surface area (TPSA) is 88.8 Å². The van der Waals surface area contributed by atoms with Crippen LogP contribution in [0.15, 0.2) is 53.6 Å². The maximum atomic E-state index is 13.9. The molecule has 1 N–H and O–H groups in total. The first-order valence-electron chi connectivity index (χ1n) is 9.70. The smallest absolute Gasteiger partial charge is 0.387 e. The molecule has 1 unspecified atom stereocenters. The number of aromatic nitrogens is 1. The van der Waals surface area contributed by atoms with E-state index >= 15 is 0 Å². The van der Waals surface area contributed by atoms with E-state index in [4.69, 9.17) is 5.11 Å². The summed E-state index contributed by atoms with van der Waals surface area (Å²) in [6.07, 6.45) is 2.10. The van der Waals surface area contributed by atoms with Crippen molar-refractivity contribution in [2.24, 2.45) is 0 Å². The molecule has 0 bridgehead atoms. The SMILES string of the molecule is O=C(O)Cn1cc(C2CCN(S(=O)(=O)c3ccc(OC(F)F)cc3)C2)c2cc(F)ccc21. The largest absolute Gasteiger partial charge is 0.480 e. The zero-order valence-corrected chi connectivity index (χ0v) is 17.4. The van der Waals surface area contributed by atoms with Gasteiger partial charge in [0.2, 0.25) is 10.0 Å². The fourth-order valence-corrected chi connectivity index (χ4v) is 5.54. The maximum Gasteiger partial charge on any atom is 0.387 e. The van der Waals surface area contributed by atoms with Gasteiger partial charge in [-0.3, -0.25) is 4.79 Å². The number of carboxylic acid groups (broad SMARTS) is 1. The van der Waals surface area contributed by atoms with Gasteiger partial charge in [-0.05, 0) is 54.4 Å². The summed E-state index contributed by atoms with van der Waals surface area (Å²) in [6, 6.07) is 8.80. The lowest BCUT2D eigenvalue weighted by molar-refractivity contribution is -0.137. The average molecular weight is 468 g/mol. The van der Waals surface area contributed by atoms with Gasteiger partial charge < -0.3 is 14.4 Å². The van der Waals surface area contributed by atoms with E-state index in [1.807, 2.05) is 0 Å². The summed E-state index contributed by atoms with van der Waals surface area (Å²) in [5.74, 6) is -1.93. The summed E-state index contributed by atoms with van der Waals surface area (Å²) in [5, 5.41) is 9.71. The molecule has 0 spiro atoms. The number of ether oxygens (including phenoxy) is 1. The number of halogens is 3. The van der Waals surface area contributed by atoms with Crippen molar-refractivity contribution in [2.45, 2.75) is 30.4 Å². The van der Waals surface area contributed by atoms with Crippen LogP contribution >= 0.6 is 0 Å². The number of rotatable bonds is 7. The number of alkyl halides is 2. The zero-order valence-electron chi connectivity index (χ0n) is 16.6. The molecule has 1 aliphatic heterocycles. The first-order valence-corrected chi connectivity index (χ1v) is 11.1. The molecule has 2 heterocycles. The molecular weight excluding hydrogens is 449 g/mol. The van der Waals surface area contributed by atoms with Crippen LogP contribution < -0.4 is 4.74 Å². The lowest BCUT2D eigenvalue weighted by Crippen LogP contribution is -2.28. The van der Waals surface area contributed by atoms with E-state index in [9.17, 15) is 26.4 Å². The van der Waals surface area contributed by atoms with Gasteiger partial charge in [0.25, 0.3) is 0 Å². The quantitative estimate of drug-likeness (QED) is 0.572. The Balaban J connectivity index is 1.60. The molecule has 0 saturated carbocycles. The Hall–Kier alpha value is -3.05. The summed E-state index contributed by atoms with van der Waals surface area (Å²) < 4.78 is 71.5. The van der Waals surface area contributed by atoms with E-state index in [-0.39, 0.29) is 36.2 Å². The van der Waals surface area contributed by atoms with E-state index < -0.39 is 28.4 Å². The summed E-state index contributed by atoms with van der Waals surface area (Å²) in [6.45, 7) is -2.97. The second-order valence-corrected chi connectivity index (χ2v) is 9.40. The predicted molar refractivity (Wildman–Crippen MR) is 109 cm³/mol. The number of benzene rings is 2. The molecule has 0 aliphatic carbocycles. The van der Waals surface area contributed by atoms with Gasteiger partial charge >= 0.3 is 12.6 Å². The summed E-state index contributed by atoms with van der Waals surface area (Å²) >= 11 is 0. The van der Waals surface area contributed by atoms with Crippen LogP contribution in [-0.4, -0.2) is 48.1 Å². The van der Waals surface area contributed by atoms with Gasteiger partial charge in [-0.25, -0.2) is 12.8 Å². The van der Waals surface area contributed by atoms with Gasteiger partial charge in [0.1, 0.15) is 18.1 Å². The Morgan fingerprint density at radius 1 is 1.19 bits per heavy atom. The Morgan fingerprint density at radius 2 is 1.91 bits per heavy atom. The number of sulfonamides is 1. The number of nitrogens with zero attached hydrogens (tertiary/aromatic N) is 2. The lowest BCUT2D eigenvalue weighted by atomic mass is 9.98. The highest BCUT2D eigenvalue weighted by atomic mass is 32.2. The molecule has 170 valence electrons. The first-order chi connectivity index (χ1) is 15.1. The van der Waals surface area contributed by atoms with Crippen LogP contribution in [0.5, 0.6) is 5.75 Å². The maximum absolute atomic E-state index is 13.9. The Morgan fingerprint density at radius 3 is 2.56 bits per heavy atom. The van der Waals surface area contributed by atoms with Crippen molar-refractivity contribution >= 4 is 26.9 Å². The zero-order chi connectivity index (χ0) is 23.0. The Kier molecular flexibility index (Phi) is 5.87. The van der Waals surface area contributed by atoms with E-state index in [0.717, 1.165) is 12.1 Å². The standard InChI is InChI=1S/C21H19F3N2O5S/c22-14-1-6-19-17(9-14)18(11-25(19)12-20(27)28)13-7-8-26(10-13)32(29,30)16-4-2-15(3-5-16)31-21(23)24/h1-6,9,11,13,21H,7-8,10,12H2,(H,27,28). The highest BCUT2D eigenvalue weighted by Gasteiger charge is 2.34. The minimum absolute atomic E-state index is 0.0564. The van der Waals surface area contributed by atoms with Crippen molar-refractivity contribution in [3.05, 3.63) is 60.0 Å². The van der Waals surface area contributed by atoms with Crippen LogP contribution in [0, 0.1) is 5.82 Å². The second kappa shape index (κ2) is 8.47. The molecule has 32 heavy (non-hydrogen) atoms. The molecule has 1 fully saturated rings. The van der Waals surface area contributed by atoms with E-state index in [2.05, 4.69) is 4.74 Å². The summed E-state index contributed by atoms with van der Waals surface area (Å²) in [7, 11) is -3.88. The van der Waals surface area contributed by atoms with Crippen LogP contribution in [-0.2, 0) is 21.4 Å². The average Bonchev–Trinajstić information content (AvgIpc) is 3.33. The van der Waals surface area contributed by atoms with Gasteiger partial charge in [-0.15, -0.1) is 0 Å². The second-order valence-electron chi connectivity index (χ2n) is 7.47. The molecule has 1 aromatic heterocycles. The molecule has 11 heteroatoms. The van der Waals surface area contributed by atoms with Crippen LogP contribution in [0.25, 0.3) is 10.9 Å². The van der Waals surface area contributed by atoms with E-state index in [1.54, 1.807) is 6.20 Å². The summed E-state index contributed by atoms with van der Waals surface area (Å²) in [4.78, 5) is 11.1. The third kappa shape index (κ3) is 4.30. The van der Waals surface area contributed by atoms with Crippen molar-refractivity contribution in [1.29, 1.82) is 0 Å². The molecule has 3 aromatic rings. The first kappa shape index (κ1) is 22.2. The van der Waals surface area contributed by atoms with Gasteiger partial charge in [0, 0.05) is 36.1 Å². The van der Waals surface area contributed by atoms with E-state index in [0.29, 0.717) is 22.9 Å². The molecule has 0 radical (unpaired) electrons. The van der Waals surface area contributed by atoms with Crippen LogP contribution in [0.2, 0.25) is 0 Å². The number of hydrogen-bond acceptors (Lipinski definition) is 4.